The monoisotopic (exact) mass is 1060 g/mol. The molecule has 0 aromatic heterocycles. The van der Waals surface area contributed by atoms with Crippen LogP contribution in [0.2, 0.25) is 26.6 Å². The van der Waals surface area contributed by atoms with Gasteiger partial charge in [0.15, 0.2) is 0 Å². The van der Waals surface area contributed by atoms with Crippen molar-refractivity contribution in [2.75, 3.05) is 6.61 Å². The number of benzene rings is 2. The number of carbonyl (C=O) groups is 4. The second-order valence-electron chi connectivity index (χ2n) is 16.4. The average Bonchev–Trinajstić information content (AvgIpc) is 3.26. The van der Waals surface area contributed by atoms with E-state index in [4.69, 9.17) is 20.4 Å². The van der Waals surface area contributed by atoms with E-state index in [0.717, 1.165) is 104 Å². The van der Waals surface area contributed by atoms with Crippen LogP contribution in [0.5, 0.6) is 0 Å². The number of hydrogen-bond acceptors (Lipinski definition) is 12. The first kappa shape index (κ1) is 52.1. The van der Waals surface area contributed by atoms with Crippen LogP contribution in [-0.2, 0) is 20.4 Å². The van der Waals surface area contributed by atoms with Crippen molar-refractivity contribution in [3.8, 4) is 0 Å². The maximum atomic E-state index is 13.9. The summed E-state index contributed by atoms with van der Waals surface area (Å²) in [4.78, 5) is 55.0. The van der Waals surface area contributed by atoms with E-state index < -0.39 is 98.8 Å². The van der Waals surface area contributed by atoms with Crippen molar-refractivity contribution in [1.82, 2.24) is 0 Å². The summed E-state index contributed by atoms with van der Waals surface area (Å²) in [5.41, 5.74) is -0.00184. The van der Waals surface area contributed by atoms with Crippen molar-refractivity contribution in [3.63, 3.8) is 0 Å². The molecule has 0 unspecified atom stereocenters. The molecule has 0 radical (unpaired) electrons. The Kier molecular flexibility index (Phi) is 23.5. The molecule has 0 amide bonds. The minimum atomic E-state index is -3.45. The molecule has 1 aliphatic rings. The van der Waals surface area contributed by atoms with Crippen LogP contribution in [0.4, 0.5) is 0 Å². The molecule has 0 aliphatic carbocycles. The summed E-state index contributed by atoms with van der Waals surface area (Å²) in [6.45, 7) is 12.1. The number of hydrogen-bond donors (Lipinski definition) is 3. The van der Waals surface area contributed by atoms with Gasteiger partial charge in [0, 0.05) is 0 Å². The number of carbonyl (C=O) groups excluding carboxylic acids is 4. The molecule has 336 valence electrons. The van der Waals surface area contributed by atoms with E-state index in [1.807, 2.05) is 0 Å². The number of esters is 2. The van der Waals surface area contributed by atoms with Crippen LogP contribution in [0, 0.1) is 0 Å². The first-order valence-electron chi connectivity index (χ1n) is 22.6. The Morgan fingerprint density at radius 2 is 0.833 bits per heavy atom. The van der Waals surface area contributed by atoms with Crippen LogP contribution in [0.1, 0.15) is 160 Å². The van der Waals surface area contributed by atoms with E-state index in [1.165, 1.54) is 24.3 Å². The number of aliphatic hydroxyl groups is 3. The Hall–Kier alpha value is -2.24. The molecule has 1 aliphatic heterocycles. The zero-order valence-corrected chi connectivity index (χ0v) is 42.7. The molecule has 12 nitrogen and oxygen atoms in total. The summed E-state index contributed by atoms with van der Waals surface area (Å²) >= 11 is -6.86. The normalized spacial score (nSPS) is 19.4. The van der Waals surface area contributed by atoms with Gasteiger partial charge in [-0.3, -0.25) is 0 Å². The first-order valence-corrected chi connectivity index (χ1v) is 37.0. The summed E-state index contributed by atoms with van der Waals surface area (Å²) in [5, 5.41) is 32.5. The fourth-order valence-electron chi connectivity index (χ4n) is 7.79. The van der Waals surface area contributed by atoms with Crippen LogP contribution in [0.15, 0.2) is 48.5 Å². The van der Waals surface area contributed by atoms with Gasteiger partial charge in [-0.2, -0.15) is 0 Å². The van der Waals surface area contributed by atoms with Gasteiger partial charge in [-0.15, -0.1) is 0 Å². The molecule has 1 fully saturated rings. The number of ether oxygens (including phenoxy) is 3. The van der Waals surface area contributed by atoms with Crippen molar-refractivity contribution in [3.05, 3.63) is 70.8 Å². The number of rotatable bonds is 27. The standard InChI is InChI=1S/C22H20O12.6C4H9.2Sn/c23-15-14(9-32-20(30)12-7-3-1-5-10(12)18(26)27)33-22(17(25)16(15)24)34-21(31)13-8-4-2-6-11(13)19(28)29;6*1-3-4-2;;/h1-8,14-17,22-25H,9H2,(H,26,27)(H,28,29);6*1,3-4H2,2H3;;/q;;;;;;;2*+1/p-2/t14-,15-,16+,17-,22+;;;;;;;;/m1......../s1. The van der Waals surface area contributed by atoms with Gasteiger partial charge < -0.3 is 0 Å². The van der Waals surface area contributed by atoms with Gasteiger partial charge in [-0.25, -0.2) is 0 Å². The molecule has 60 heavy (non-hydrogen) atoms. The summed E-state index contributed by atoms with van der Waals surface area (Å²) in [6, 6.07) is 12.4. The van der Waals surface area contributed by atoms with E-state index in [2.05, 4.69) is 41.5 Å². The molecule has 3 rings (SSSR count). The van der Waals surface area contributed by atoms with Crippen molar-refractivity contribution in [2.24, 2.45) is 0 Å². The van der Waals surface area contributed by atoms with Crippen LogP contribution in [-0.4, -0.2) is 114 Å². The zero-order chi connectivity index (χ0) is 44.1. The van der Waals surface area contributed by atoms with Gasteiger partial charge in [0.2, 0.25) is 0 Å². The van der Waals surface area contributed by atoms with Crippen molar-refractivity contribution >= 4 is 61.5 Å². The molecule has 0 spiro atoms. The molecule has 2 aromatic carbocycles. The quantitative estimate of drug-likeness (QED) is 0.0572. The first-order chi connectivity index (χ1) is 28.8. The molecule has 2 aromatic rings. The molecule has 0 bridgehead atoms. The van der Waals surface area contributed by atoms with Crippen LogP contribution in [0.3, 0.4) is 0 Å². The third-order valence-corrected chi connectivity index (χ3v) is 36.7. The van der Waals surface area contributed by atoms with Gasteiger partial charge >= 0.3 is 370 Å². The fourth-order valence-corrected chi connectivity index (χ4v) is 33.8. The van der Waals surface area contributed by atoms with Crippen molar-refractivity contribution in [2.45, 2.75) is 176 Å². The Bertz CT molecular complexity index is 1590. The molecule has 1 heterocycles. The number of unbranched alkanes of at least 4 members (excludes halogenated alkanes) is 6. The Morgan fingerprint density at radius 1 is 0.500 bits per heavy atom. The van der Waals surface area contributed by atoms with Gasteiger partial charge in [-0.05, 0) is 0 Å². The SMILES string of the molecule is CCC[CH2][Sn]([CH2]CCC)([CH2]CCC)[O]C(=O)c1ccccc1C(=O)OC[C@H]1O[C@@H](OC(=O)c2ccccc2C(=O)[O][Sn]([CH2]CCC)([CH2]CCC)[CH2]CCC)[C@H](O)[C@@H](O)[C@@H]1O. The third kappa shape index (κ3) is 15.2. The average molecular weight is 1050 g/mol. The second kappa shape index (κ2) is 27.1. The third-order valence-electron chi connectivity index (χ3n) is 11.5. The Balaban J connectivity index is 1.79. The van der Waals surface area contributed by atoms with Gasteiger partial charge in [0.1, 0.15) is 0 Å². The Labute approximate surface area is 367 Å². The van der Waals surface area contributed by atoms with Crippen LogP contribution < -0.4 is 0 Å². The van der Waals surface area contributed by atoms with E-state index in [0.29, 0.717) is 0 Å². The molecule has 5 atom stereocenters. The molecule has 1 saturated heterocycles. The molecule has 14 heteroatoms. The summed E-state index contributed by atoms with van der Waals surface area (Å²) in [5.74, 6) is -3.00. The number of aliphatic hydroxyl groups excluding tert-OH is 3. The Morgan fingerprint density at radius 3 is 1.18 bits per heavy atom. The summed E-state index contributed by atoms with van der Waals surface area (Å²) in [6.07, 6.45) is 3.18. The van der Waals surface area contributed by atoms with E-state index in [1.54, 1.807) is 24.3 Å². The minimum absolute atomic E-state index is 0.0192. The predicted molar refractivity (Wildman–Crippen MR) is 236 cm³/mol. The molecular formula is C46H72O12Sn2. The van der Waals surface area contributed by atoms with E-state index in [9.17, 15) is 34.5 Å². The van der Waals surface area contributed by atoms with Gasteiger partial charge in [0.25, 0.3) is 0 Å². The zero-order valence-electron chi connectivity index (χ0n) is 37.0. The van der Waals surface area contributed by atoms with Gasteiger partial charge in [0.05, 0.1) is 0 Å². The molecular weight excluding hydrogens is 982 g/mol. The topological polar surface area (TPSA) is 175 Å². The van der Waals surface area contributed by atoms with Crippen LogP contribution in [0.25, 0.3) is 0 Å². The second-order valence-corrected chi connectivity index (χ2v) is 39.6. The molecule has 3 N–H and O–H groups in total. The summed E-state index contributed by atoms with van der Waals surface area (Å²) in [7, 11) is 0. The predicted octanol–water partition coefficient (Wildman–Crippen LogP) is 9.51. The maximum absolute atomic E-state index is 13.9. The van der Waals surface area contributed by atoms with E-state index in [-0.39, 0.29) is 22.3 Å². The van der Waals surface area contributed by atoms with Crippen molar-refractivity contribution in [1.29, 1.82) is 0 Å². The van der Waals surface area contributed by atoms with Crippen LogP contribution >= 0.6 is 0 Å². The molecule has 0 saturated carbocycles. The fraction of sp³-hybridized carbons (Fsp3) is 0.652. The van der Waals surface area contributed by atoms with E-state index >= 15 is 0 Å². The van der Waals surface area contributed by atoms with Crippen molar-refractivity contribution < 1.29 is 54.9 Å². The summed E-state index contributed by atoms with van der Waals surface area (Å²) < 4.78 is 35.4. The van der Waals surface area contributed by atoms with Gasteiger partial charge in [-0.1, -0.05) is 0 Å².